The summed E-state index contributed by atoms with van der Waals surface area (Å²) in [6.07, 6.45) is 6.56. The van der Waals surface area contributed by atoms with Gasteiger partial charge in [-0.05, 0) is 38.4 Å². The number of likely N-dealkylation sites (tertiary alicyclic amines) is 1. The van der Waals surface area contributed by atoms with Crippen LogP contribution in [-0.2, 0) is 13.0 Å². The minimum atomic E-state index is 0.549. The van der Waals surface area contributed by atoms with Gasteiger partial charge in [-0.25, -0.2) is 4.98 Å². The number of aromatic nitrogens is 2. The second kappa shape index (κ2) is 4.71. The predicted molar refractivity (Wildman–Crippen MR) is 72.4 cm³/mol. The molecule has 1 fully saturated rings. The standard InChI is InChI=1S/C14H20N4/c1-17-6-4-11(9-17)7-13-10-18-5-2-3-12(8-15)14(18)16-13/h2-3,5,10-11H,4,6-9,15H2,1H3. The van der Waals surface area contributed by atoms with Gasteiger partial charge >= 0.3 is 0 Å². The molecule has 1 atom stereocenters. The van der Waals surface area contributed by atoms with Gasteiger partial charge in [0.25, 0.3) is 0 Å². The molecule has 2 aromatic rings. The Morgan fingerprint density at radius 2 is 2.39 bits per heavy atom. The molecule has 0 radical (unpaired) electrons. The molecule has 0 aliphatic carbocycles. The molecule has 4 heteroatoms. The molecule has 18 heavy (non-hydrogen) atoms. The maximum absolute atomic E-state index is 5.75. The van der Waals surface area contributed by atoms with Crippen molar-refractivity contribution in [1.29, 1.82) is 0 Å². The topological polar surface area (TPSA) is 46.6 Å². The first kappa shape index (κ1) is 11.7. The van der Waals surface area contributed by atoms with Crippen LogP contribution in [0.15, 0.2) is 24.5 Å². The number of nitrogens with zero attached hydrogens (tertiary/aromatic N) is 3. The molecular weight excluding hydrogens is 224 g/mol. The lowest BCUT2D eigenvalue weighted by molar-refractivity contribution is 0.394. The van der Waals surface area contributed by atoms with Crippen LogP contribution >= 0.6 is 0 Å². The molecule has 1 saturated heterocycles. The normalized spacial score (nSPS) is 20.9. The summed E-state index contributed by atoms with van der Waals surface area (Å²) in [7, 11) is 2.19. The third kappa shape index (κ3) is 2.13. The fourth-order valence-corrected chi connectivity index (χ4v) is 2.87. The first-order valence-corrected chi connectivity index (χ1v) is 6.60. The van der Waals surface area contributed by atoms with Crippen molar-refractivity contribution in [3.8, 4) is 0 Å². The molecule has 3 rings (SSSR count). The summed E-state index contributed by atoms with van der Waals surface area (Å²) in [6, 6.07) is 4.08. The Morgan fingerprint density at radius 1 is 1.50 bits per heavy atom. The third-order valence-corrected chi connectivity index (χ3v) is 3.82. The maximum Gasteiger partial charge on any atom is 0.141 e. The molecule has 0 spiro atoms. The van der Waals surface area contributed by atoms with Gasteiger partial charge in [0.15, 0.2) is 0 Å². The van der Waals surface area contributed by atoms with E-state index in [9.17, 15) is 0 Å². The van der Waals surface area contributed by atoms with Crippen LogP contribution in [0.5, 0.6) is 0 Å². The van der Waals surface area contributed by atoms with Crippen molar-refractivity contribution in [3.05, 3.63) is 35.8 Å². The van der Waals surface area contributed by atoms with Crippen LogP contribution in [0.2, 0.25) is 0 Å². The Balaban J connectivity index is 1.85. The summed E-state index contributed by atoms with van der Waals surface area (Å²) in [5, 5.41) is 0. The molecule has 3 heterocycles. The van der Waals surface area contributed by atoms with Crippen molar-refractivity contribution < 1.29 is 0 Å². The lowest BCUT2D eigenvalue weighted by Crippen LogP contribution is -2.15. The maximum atomic E-state index is 5.75. The van der Waals surface area contributed by atoms with E-state index in [2.05, 4.69) is 28.6 Å². The molecule has 2 aromatic heterocycles. The van der Waals surface area contributed by atoms with E-state index < -0.39 is 0 Å². The predicted octanol–water partition coefficient (Wildman–Crippen LogP) is 1.29. The van der Waals surface area contributed by atoms with Gasteiger partial charge in [-0.1, -0.05) is 6.07 Å². The van der Waals surface area contributed by atoms with Crippen molar-refractivity contribution >= 4 is 5.65 Å². The van der Waals surface area contributed by atoms with Gasteiger partial charge in [0.2, 0.25) is 0 Å². The molecule has 1 unspecified atom stereocenters. The van der Waals surface area contributed by atoms with Gasteiger partial charge in [-0.2, -0.15) is 0 Å². The van der Waals surface area contributed by atoms with E-state index in [4.69, 9.17) is 10.7 Å². The van der Waals surface area contributed by atoms with Gasteiger partial charge in [-0.3, -0.25) is 0 Å². The monoisotopic (exact) mass is 244 g/mol. The molecule has 0 amide bonds. The van der Waals surface area contributed by atoms with Crippen LogP contribution < -0.4 is 5.73 Å². The summed E-state index contributed by atoms with van der Waals surface area (Å²) in [5.41, 5.74) is 9.07. The number of nitrogens with two attached hydrogens (primary N) is 1. The number of hydrogen-bond donors (Lipinski definition) is 1. The van der Waals surface area contributed by atoms with Crippen LogP contribution in [-0.4, -0.2) is 34.4 Å². The van der Waals surface area contributed by atoms with E-state index in [1.54, 1.807) is 0 Å². The van der Waals surface area contributed by atoms with Gasteiger partial charge in [0.05, 0.1) is 5.69 Å². The summed E-state index contributed by atoms with van der Waals surface area (Å²) >= 11 is 0. The van der Waals surface area contributed by atoms with Crippen LogP contribution in [0, 0.1) is 5.92 Å². The molecule has 0 aromatic carbocycles. The molecule has 1 aliphatic heterocycles. The zero-order valence-corrected chi connectivity index (χ0v) is 10.8. The van der Waals surface area contributed by atoms with Crippen molar-refractivity contribution in [2.75, 3.05) is 20.1 Å². The van der Waals surface area contributed by atoms with Crippen LogP contribution in [0.25, 0.3) is 5.65 Å². The summed E-state index contributed by atoms with van der Waals surface area (Å²) in [5.74, 6) is 0.751. The van der Waals surface area contributed by atoms with Crippen LogP contribution in [0.1, 0.15) is 17.7 Å². The van der Waals surface area contributed by atoms with Crippen LogP contribution in [0.4, 0.5) is 0 Å². The average molecular weight is 244 g/mol. The van der Waals surface area contributed by atoms with Crippen molar-refractivity contribution in [3.63, 3.8) is 0 Å². The van der Waals surface area contributed by atoms with E-state index in [1.807, 2.05) is 12.3 Å². The SMILES string of the molecule is CN1CCC(Cc2cn3cccc(CN)c3n2)C1. The zero-order valence-electron chi connectivity index (χ0n) is 10.8. The molecule has 4 nitrogen and oxygen atoms in total. The Kier molecular flexibility index (Phi) is 3.06. The number of pyridine rings is 1. The number of rotatable bonds is 3. The minimum absolute atomic E-state index is 0.549. The van der Waals surface area contributed by atoms with Crippen LogP contribution in [0.3, 0.4) is 0 Å². The third-order valence-electron chi connectivity index (χ3n) is 3.82. The smallest absolute Gasteiger partial charge is 0.141 e. The quantitative estimate of drug-likeness (QED) is 0.885. The second-order valence-electron chi connectivity index (χ2n) is 5.32. The molecule has 0 bridgehead atoms. The van der Waals surface area contributed by atoms with E-state index in [0.29, 0.717) is 6.54 Å². The lowest BCUT2D eigenvalue weighted by atomic mass is 10.0. The second-order valence-corrected chi connectivity index (χ2v) is 5.32. The first-order valence-electron chi connectivity index (χ1n) is 6.60. The fraction of sp³-hybridized carbons (Fsp3) is 0.500. The van der Waals surface area contributed by atoms with Crippen molar-refractivity contribution in [1.82, 2.24) is 14.3 Å². The summed E-state index contributed by atoms with van der Waals surface area (Å²) in [4.78, 5) is 7.13. The Labute approximate surface area is 107 Å². The van der Waals surface area contributed by atoms with Gasteiger partial charge in [-0.15, -0.1) is 0 Å². The number of imidazole rings is 1. The highest BCUT2D eigenvalue weighted by Gasteiger charge is 2.20. The highest BCUT2D eigenvalue weighted by molar-refractivity contribution is 5.48. The van der Waals surface area contributed by atoms with E-state index in [-0.39, 0.29) is 0 Å². The summed E-state index contributed by atoms with van der Waals surface area (Å²) < 4.78 is 2.09. The molecule has 0 saturated carbocycles. The van der Waals surface area contributed by atoms with Crippen molar-refractivity contribution in [2.45, 2.75) is 19.4 Å². The molecule has 1 aliphatic rings. The zero-order chi connectivity index (χ0) is 12.5. The molecular formula is C14H20N4. The van der Waals surface area contributed by atoms with Gasteiger partial charge in [0, 0.05) is 31.0 Å². The number of fused-ring (bicyclic) bond motifs is 1. The van der Waals surface area contributed by atoms with E-state index in [0.717, 1.165) is 23.5 Å². The Hall–Kier alpha value is -1.39. The first-order chi connectivity index (χ1) is 8.76. The highest BCUT2D eigenvalue weighted by atomic mass is 15.1. The average Bonchev–Trinajstić information content (AvgIpc) is 2.94. The molecule has 96 valence electrons. The largest absolute Gasteiger partial charge is 0.326 e. The van der Waals surface area contributed by atoms with E-state index in [1.165, 1.54) is 25.2 Å². The van der Waals surface area contributed by atoms with Crippen molar-refractivity contribution in [2.24, 2.45) is 11.7 Å². The molecule has 2 N–H and O–H groups in total. The Bertz CT molecular complexity index is 546. The van der Waals surface area contributed by atoms with Gasteiger partial charge < -0.3 is 15.0 Å². The van der Waals surface area contributed by atoms with E-state index >= 15 is 0 Å². The fourth-order valence-electron chi connectivity index (χ4n) is 2.87. The summed E-state index contributed by atoms with van der Waals surface area (Å²) in [6.45, 7) is 2.96. The lowest BCUT2D eigenvalue weighted by Gasteiger charge is -2.07. The van der Waals surface area contributed by atoms with Gasteiger partial charge in [0.1, 0.15) is 5.65 Å². The highest BCUT2D eigenvalue weighted by Crippen LogP contribution is 2.20. The number of hydrogen-bond acceptors (Lipinski definition) is 3. The minimum Gasteiger partial charge on any atom is -0.326 e. The Morgan fingerprint density at radius 3 is 3.11 bits per heavy atom.